The maximum Gasteiger partial charge on any atom is 0.0314 e. The molecule has 0 aliphatic rings. The van der Waals surface area contributed by atoms with E-state index in [9.17, 15) is 0 Å². The molecule has 0 aliphatic heterocycles. The van der Waals surface area contributed by atoms with E-state index in [1.165, 1.54) is 0 Å². The van der Waals surface area contributed by atoms with Gasteiger partial charge >= 0.3 is 0 Å². The van der Waals surface area contributed by atoms with E-state index in [2.05, 4.69) is 34.8 Å². The minimum Gasteiger partial charge on any atom is -0.399 e. The van der Waals surface area contributed by atoms with Crippen molar-refractivity contribution in [2.75, 3.05) is 5.73 Å². The first-order valence-corrected chi connectivity index (χ1v) is 3.80. The van der Waals surface area contributed by atoms with Gasteiger partial charge in [-0.05, 0) is 24.3 Å². The first kappa shape index (κ1) is 10.0. The van der Waals surface area contributed by atoms with Crippen molar-refractivity contribution in [3.05, 3.63) is 47.6 Å². The molecule has 1 nitrogen and oxygen atoms in total. The van der Waals surface area contributed by atoms with Crippen LogP contribution < -0.4 is 5.73 Å². The van der Waals surface area contributed by atoms with Crippen molar-refractivity contribution in [1.29, 1.82) is 0 Å². The predicted octanol–water partition coefficient (Wildman–Crippen LogP) is 2.99. The van der Waals surface area contributed by atoms with Gasteiger partial charge in [-0.1, -0.05) is 29.1 Å². The molecule has 0 heterocycles. The molecule has 0 fully saturated rings. The summed E-state index contributed by atoms with van der Waals surface area (Å²) in [5, 5.41) is 0. The maximum absolute atomic E-state index is 5.41. The summed E-state index contributed by atoms with van der Waals surface area (Å²) in [6, 6.07) is 7.53. The molecule has 0 atom stereocenters. The van der Waals surface area contributed by atoms with E-state index in [1.54, 1.807) is 0 Å². The molecule has 0 radical (unpaired) electrons. The Kier molecular flexibility index (Phi) is 5.26. The van der Waals surface area contributed by atoms with Crippen LogP contribution in [0.5, 0.6) is 0 Å². The molecule has 0 bridgehead atoms. The SMILES string of the molecule is C=C=C.Nc1ccc(Br)cc1. The fourth-order valence-electron chi connectivity index (χ4n) is 0.463. The second-order valence-corrected chi connectivity index (χ2v) is 2.72. The topological polar surface area (TPSA) is 26.0 Å². The van der Waals surface area contributed by atoms with Crippen molar-refractivity contribution in [3.63, 3.8) is 0 Å². The highest BCUT2D eigenvalue weighted by Crippen LogP contribution is 2.10. The molecule has 0 unspecified atom stereocenters. The van der Waals surface area contributed by atoms with Gasteiger partial charge in [0.15, 0.2) is 0 Å². The van der Waals surface area contributed by atoms with Crippen molar-refractivity contribution >= 4 is 21.6 Å². The van der Waals surface area contributed by atoms with Crippen molar-refractivity contribution in [2.24, 2.45) is 0 Å². The Balaban J connectivity index is 0.000000292. The van der Waals surface area contributed by atoms with Gasteiger partial charge in [-0.2, -0.15) is 0 Å². The van der Waals surface area contributed by atoms with Crippen molar-refractivity contribution in [2.45, 2.75) is 0 Å². The zero-order valence-electron chi connectivity index (χ0n) is 6.18. The molecule has 11 heavy (non-hydrogen) atoms. The van der Waals surface area contributed by atoms with E-state index in [-0.39, 0.29) is 0 Å². The van der Waals surface area contributed by atoms with Gasteiger partial charge in [0.1, 0.15) is 0 Å². The third-order valence-corrected chi connectivity index (χ3v) is 1.40. The first-order valence-electron chi connectivity index (χ1n) is 3.01. The van der Waals surface area contributed by atoms with Crippen LogP contribution in [0.2, 0.25) is 0 Å². The van der Waals surface area contributed by atoms with Crippen LogP contribution in [-0.2, 0) is 0 Å². The van der Waals surface area contributed by atoms with Crippen LogP contribution >= 0.6 is 15.9 Å². The number of anilines is 1. The van der Waals surface area contributed by atoms with E-state index in [0.29, 0.717) is 0 Å². The molecule has 58 valence electrons. The lowest BCUT2D eigenvalue weighted by molar-refractivity contribution is 1.64. The monoisotopic (exact) mass is 211 g/mol. The second kappa shape index (κ2) is 5.78. The Bertz CT molecular complexity index is 211. The van der Waals surface area contributed by atoms with E-state index < -0.39 is 0 Å². The minimum atomic E-state index is 0.799. The molecule has 1 aromatic carbocycles. The summed E-state index contributed by atoms with van der Waals surface area (Å²) in [4.78, 5) is 0. The third kappa shape index (κ3) is 5.46. The summed E-state index contributed by atoms with van der Waals surface area (Å²) in [5.41, 5.74) is 8.46. The number of halogens is 1. The second-order valence-electron chi connectivity index (χ2n) is 1.80. The summed E-state index contributed by atoms with van der Waals surface area (Å²) < 4.78 is 1.06. The van der Waals surface area contributed by atoms with Crippen molar-refractivity contribution in [1.82, 2.24) is 0 Å². The van der Waals surface area contributed by atoms with Crippen molar-refractivity contribution in [3.8, 4) is 0 Å². The van der Waals surface area contributed by atoms with Gasteiger partial charge in [-0.15, -0.1) is 5.73 Å². The zero-order chi connectivity index (χ0) is 8.69. The van der Waals surface area contributed by atoms with Crippen LogP contribution in [0, 0.1) is 0 Å². The Morgan fingerprint density at radius 1 is 1.18 bits per heavy atom. The normalized spacial score (nSPS) is 7.36. The molecule has 0 amide bonds. The molecule has 0 aromatic heterocycles. The highest BCUT2D eigenvalue weighted by Gasteiger charge is 1.81. The molecule has 1 rings (SSSR count). The van der Waals surface area contributed by atoms with Gasteiger partial charge in [0.25, 0.3) is 0 Å². The molecule has 0 saturated carbocycles. The predicted molar refractivity (Wildman–Crippen MR) is 53.3 cm³/mol. The van der Waals surface area contributed by atoms with Gasteiger partial charge in [-0.3, -0.25) is 0 Å². The minimum absolute atomic E-state index is 0.799. The van der Waals surface area contributed by atoms with Crippen LogP contribution in [-0.4, -0.2) is 0 Å². The molecule has 0 aliphatic carbocycles. The number of rotatable bonds is 0. The van der Waals surface area contributed by atoms with E-state index >= 15 is 0 Å². The van der Waals surface area contributed by atoms with Crippen LogP contribution in [0.25, 0.3) is 0 Å². The largest absolute Gasteiger partial charge is 0.399 e. The number of hydrogen-bond acceptors (Lipinski definition) is 1. The Morgan fingerprint density at radius 2 is 1.55 bits per heavy atom. The highest BCUT2D eigenvalue weighted by molar-refractivity contribution is 9.10. The Hall–Kier alpha value is -0.980. The summed E-state index contributed by atoms with van der Waals surface area (Å²) in [7, 11) is 0. The van der Waals surface area contributed by atoms with Crippen LogP contribution in [0.4, 0.5) is 5.69 Å². The lowest BCUT2D eigenvalue weighted by Crippen LogP contribution is -1.80. The smallest absolute Gasteiger partial charge is 0.0314 e. The van der Waals surface area contributed by atoms with E-state index in [1.807, 2.05) is 24.3 Å². The van der Waals surface area contributed by atoms with Gasteiger partial charge in [0.2, 0.25) is 0 Å². The number of nitrogens with two attached hydrogens (primary N) is 1. The molecule has 2 heteroatoms. The van der Waals surface area contributed by atoms with Crippen LogP contribution in [0.1, 0.15) is 0 Å². The molecular formula is C9H10BrN. The molecule has 2 N–H and O–H groups in total. The van der Waals surface area contributed by atoms with Gasteiger partial charge < -0.3 is 5.73 Å². The van der Waals surface area contributed by atoms with Gasteiger partial charge in [0, 0.05) is 10.2 Å². The fraction of sp³-hybridized carbons (Fsp3) is 0. The summed E-state index contributed by atoms with van der Waals surface area (Å²) in [6.45, 7) is 6.25. The highest BCUT2D eigenvalue weighted by atomic mass is 79.9. The zero-order valence-corrected chi connectivity index (χ0v) is 7.76. The number of hydrogen-bond donors (Lipinski definition) is 1. The number of benzene rings is 1. The lowest BCUT2D eigenvalue weighted by Gasteiger charge is -1.88. The van der Waals surface area contributed by atoms with E-state index in [0.717, 1.165) is 10.2 Å². The Labute approximate surface area is 75.4 Å². The number of nitrogen functional groups attached to an aromatic ring is 1. The molecule has 0 saturated heterocycles. The fourth-order valence-corrected chi connectivity index (χ4v) is 0.727. The van der Waals surface area contributed by atoms with E-state index in [4.69, 9.17) is 5.73 Å². The molecule has 0 spiro atoms. The standard InChI is InChI=1S/C6H6BrN.C3H4/c7-5-1-3-6(8)4-2-5;1-3-2/h1-4H,8H2;1-2H2. The maximum atomic E-state index is 5.41. The average molecular weight is 212 g/mol. The molecular weight excluding hydrogens is 202 g/mol. The lowest BCUT2D eigenvalue weighted by atomic mass is 10.3. The van der Waals surface area contributed by atoms with Gasteiger partial charge in [0.05, 0.1) is 0 Å². The quantitative estimate of drug-likeness (QED) is 0.519. The average Bonchev–Trinajstić information content (AvgIpc) is 1.97. The van der Waals surface area contributed by atoms with Crippen LogP contribution in [0.15, 0.2) is 47.6 Å². The summed E-state index contributed by atoms with van der Waals surface area (Å²) in [6.07, 6.45) is 0. The van der Waals surface area contributed by atoms with Crippen molar-refractivity contribution < 1.29 is 0 Å². The first-order chi connectivity index (χ1) is 5.20. The summed E-state index contributed by atoms with van der Waals surface area (Å²) in [5.74, 6) is 0. The Morgan fingerprint density at radius 3 is 1.82 bits per heavy atom. The van der Waals surface area contributed by atoms with Gasteiger partial charge in [-0.25, -0.2) is 0 Å². The third-order valence-electron chi connectivity index (χ3n) is 0.870. The van der Waals surface area contributed by atoms with Crippen LogP contribution in [0.3, 0.4) is 0 Å². The molecule has 1 aromatic rings. The summed E-state index contributed by atoms with van der Waals surface area (Å²) >= 11 is 3.29.